The fourth-order valence-electron chi connectivity index (χ4n) is 1.81. The fraction of sp³-hybridized carbons (Fsp3) is 0.667. The van der Waals surface area contributed by atoms with Gasteiger partial charge in [0.15, 0.2) is 14.9 Å². The van der Waals surface area contributed by atoms with E-state index in [0.717, 1.165) is 7.05 Å². The van der Waals surface area contributed by atoms with E-state index >= 15 is 0 Å². The normalized spacial score (nSPS) is 19.4. The monoisotopic (exact) mass is 393 g/mol. The molecule has 0 fully saturated rings. The molecule has 0 aliphatic carbocycles. The third-order valence-electron chi connectivity index (χ3n) is 2.96. The first-order valence-corrected chi connectivity index (χ1v) is 8.30. The minimum atomic E-state index is -5.18. The number of aliphatic imine (C=N–C) groups is 1. The number of ether oxygens (including phenoxy) is 1. The molecule has 0 saturated carbocycles. The van der Waals surface area contributed by atoms with Crippen LogP contribution in [0.3, 0.4) is 0 Å². The van der Waals surface area contributed by atoms with Crippen molar-refractivity contribution in [2.24, 2.45) is 15.9 Å². The van der Waals surface area contributed by atoms with Gasteiger partial charge in [-0.15, -0.1) is 0 Å². The van der Waals surface area contributed by atoms with Gasteiger partial charge in [-0.3, -0.25) is 4.99 Å². The van der Waals surface area contributed by atoms with Crippen LogP contribution in [0.2, 0.25) is 0 Å². The van der Waals surface area contributed by atoms with Gasteiger partial charge < -0.3 is 15.3 Å². The molecule has 0 radical (unpaired) electrons. The zero-order valence-corrected chi connectivity index (χ0v) is 14.2. The number of alkyl halides is 5. The van der Waals surface area contributed by atoms with Gasteiger partial charge in [0.1, 0.15) is 11.3 Å². The van der Waals surface area contributed by atoms with Crippen molar-refractivity contribution in [3.05, 3.63) is 11.3 Å². The van der Waals surface area contributed by atoms with Gasteiger partial charge in [0.25, 0.3) is 0 Å². The summed E-state index contributed by atoms with van der Waals surface area (Å²) in [5, 5.41) is 2.81. The third-order valence-corrected chi connectivity index (χ3v) is 4.56. The number of nitrogens with zero attached hydrogens (tertiary/aromatic N) is 2. The maximum atomic E-state index is 12.9. The Hall–Kier alpha value is -1.92. The topological polar surface area (TPSA) is 103 Å². The molecule has 1 heterocycles. The van der Waals surface area contributed by atoms with Gasteiger partial charge in [0.05, 0.1) is 11.3 Å². The van der Waals surface area contributed by atoms with Crippen LogP contribution in [0.5, 0.6) is 0 Å². The molecule has 1 aliphatic heterocycles. The molecule has 7 nitrogen and oxygen atoms in total. The summed E-state index contributed by atoms with van der Waals surface area (Å²) in [6.45, 7) is -0.499. The minimum Gasteiger partial charge on any atom is -0.417 e. The molecule has 0 amide bonds. The van der Waals surface area contributed by atoms with Gasteiger partial charge >= 0.3 is 12.8 Å². The average molecular weight is 393 g/mol. The number of hydrogen-bond donors (Lipinski definition) is 1. The van der Waals surface area contributed by atoms with Gasteiger partial charge in [-0.2, -0.15) is 22.0 Å². The van der Waals surface area contributed by atoms with E-state index in [4.69, 9.17) is 10.6 Å². The second-order valence-electron chi connectivity index (χ2n) is 5.57. The summed E-state index contributed by atoms with van der Waals surface area (Å²) in [6, 6.07) is 0. The molecule has 0 unspecified atom stereocenters. The molecule has 144 valence electrons. The molecule has 0 aromatic rings. The highest BCUT2D eigenvalue weighted by Crippen LogP contribution is 2.29. The van der Waals surface area contributed by atoms with E-state index in [0.29, 0.717) is 0 Å². The van der Waals surface area contributed by atoms with Gasteiger partial charge in [-0.05, 0) is 13.8 Å². The van der Waals surface area contributed by atoms with Crippen LogP contribution in [0, 0.1) is 0 Å². The highest BCUT2D eigenvalue weighted by molar-refractivity contribution is 8.06. The highest BCUT2D eigenvalue weighted by Gasteiger charge is 2.41. The first-order chi connectivity index (χ1) is 11.2. The number of allylic oxidation sites excluding steroid dienone is 1. The summed E-state index contributed by atoms with van der Waals surface area (Å²) in [6.07, 6.45) is -5.39. The largest absolute Gasteiger partial charge is 0.431 e. The number of rotatable bonds is 4. The van der Waals surface area contributed by atoms with E-state index in [1.165, 1.54) is 13.8 Å². The summed E-state index contributed by atoms with van der Waals surface area (Å²) in [7, 11) is -3.59. The van der Waals surface area contributed by atoms with Crippen molar-refractivity contribution in [1.82, 2.24) is 0 Å². The molecule has 1 rings (SSSR count). The molecule has 0 saturated heterocycles. The lowest BCUT2D eigenvalue weighted by Gasteiger charge is -2.17. The van der Waals surface area contributed by atoms with Crippen molar-refractivity contribution in [2.45, 2.75) is 38.7 Å². The Balaban J connectivity index is 3.32. The molecule has 0 bridgehead atoms. The van der Waals surface area contributed by atoms with Crippen LogP contribution in [-0.2, 0) is 19.4 Å². The van der Waals surface area contributed by atoms with Gasteiger partial charge in [0, 0.05) is 13.5 Å². The zero-order chi connectivity index (χ0) is 19.6. The van der Waals surface area contributed by atoms with E-state index < -0.39 is 56.2 Å². The number of nitrogens with two attached hydrogens (primary N) is 1. The Morgan fingerprint density at radius 2 is 2.00 bits per heavy atom. The molecule has 0 aromatic heterocycles. The molecule has 1 aliphatic rings. The predicted molar refractivity (Wildman–Crippen MR) is 78.7 cm³/mol. The standard InChI is InChI=1S/C12H16F5N3O4S/c1-11(2)4-7(20-24-11)25(21,22)5-6(8(18)12(15,16)17)9(19-3)23-10(13)14/h10H,4-5,18H2,1-3H3. The van der Waals surface area contributed by atoms with Crippen LogP contribution in [0.25, 0.3) is 0 Å². The molecule has 0 spiro atoms. The van der Waals surface area contributed by atoms with Crippen LogP contribution >= 0.6 is 0 Å². The van der Waals surface area contributed by atoms with E-state index in [2.05, 4.69) is 14.9 Å². The average Bonchev–Trinajstić information content (AvgIpc) is 2.81. The summed E-state index contributed by atoms with van der Waals surface area (Å²) < 4.78 is 91.9. The van der Waals surface area contributed by atoms with E-state index in [1.54, 1.807) is 0 Å². The lowest BCUT2D eigenvalue weighted by molar-refractivity contribution is -0.0941. The Labute approximate surface area is 140 Å². The Morgan fingerprint density at radius 1 is 1.44 bits per heavy atom. The first-order valence-electron chi connectivity index (χ1n) is 6.65. The van der Waals surface area contributed by atoms with Crippen molar-refractivity contribution in [1.29, 1.82) is 0 Å². The van der Waals surface area contributed by atoms with E-state index in [-0.39, 0.29) is 6.42 Å². The van der Waals surface area contributed by atoms with Crippen molar-refractivity contribution in [3.63, 3.8) is 0 Å². The van der Waals surface area contributed by atoms with E-state index in [1.807, 2.05) is 0 Å². The van der Waals surface area contributed by atoms with E-state index in [9.17, 15) is 30.4 Å². The Kier molecular flexibility index (Phi) is 6.03. The summed E-state index contributed by atoms with van der Waals surface area (Å²) >= 11 is 0. The highest BCUT2D eigenvalue weighted by atomic mass is 32.2. The van der Waals surface area contributed by atoms with Gasteiger partial charge in [0.2, 0.25) is 5.90 Å². The minimum absolute atomic E-state index is 0.206. The second kappa shape index (κ2) is 7.14. The molecule has 0 aromatic carbocycles. The van der Waals surface area contributed by atoms with Crippen molar-refractivity contribution in [3.8, 4) is 0 Å². The van der Waals surface area contributed by atoms with Crippen molar-refractivity contribution < 1.29 is 39.9 Å². The maximum absolute atomic E-state index is 12.9. The number of sulfone groups is 1. The van der Waals surface area contributed by atoms with Crippen LogP contribution in [-0.4, -0.2) is 50.5 Å². The summed E-state index contributed by atoms with van der Waals surface area (Å²) in [5.41, 5.74) is 0.810. The van der Waals surface area contributed by atoms with Crippen LogP contribution in [0.1, 0.15) is 20.3 Å². The SMILES string of the molecule is CN=C(OC(F)F)C(CS(=O)(=O)C1=NOC(C)(C)C1)=C(N)C(F)(F)F. The molecule has 25 heavy (non-hydrogen) atoms. The number of oxime groups is 1. The fourth-order valence-corrected chi connectivity index (χ4v) is 3.36. The Morgan fingerprint density at radius 3 is 2.36 bits per heavy atom. The lowest BCUT2D eigenvalue weighted by Crippen LogP contribution is -2.32. The first kappa shape index (κ1) is 21.1. The zero-order valence-electron chi connectivity index (χ0n) is 13.4. The van der Waals surface area contributed by atoms with Crippen LogP contribution in [0.15, 0.2) is 21.4 Å². The quantitative estimate of drug-likeness (QED) is 0.447. The molecule has 0 atom stereocenters. The van der Waals surface area contributed by atoms with Crippen LogP contribution < -0.4 is 5.73 Å². The summed E-state index contributed by atoms with van der Waals surface area (Å²) in [5.74, 6) is -2.61. The van der Waals surface area contributed by atoms with Crippen LogP contribution in [0.4, 0.5) is 22.0 Å². The second-order valence-corrected chi connectivity index (χ2v) is 7.56. The number of halogens is 5. The predicted octanol–water partition coefficient (Wildman–Crippen LogP) is 1.96. The Bertz CT molecular complexity index is 711. The summed E-state index contributed by atoms with van der Waals surface area (Å²) in [4.78, 5) is 8.00. The molecule has 13 heteroatoms. The van der Waals surface area contributed by atoms with Gasteiger partial charge in [-0.25, -0.2) is 8.42 Å². The smallest absolute Gasteiger partial charge is 0.417 e. The van der Waals surface area contributed by atoms with Crippen molar-refractivity contribution >= 4 is 20.8 Å². The molecule has 2 N–H and O–H groups in total. The maximum Gasteiger partial charge on any atom is 0.431 e. The number of hydrogen-bond acceptors (Lipinski definition) is 7. The van der Waals surface area contributed by atoms with Gasteiger partial charge in [-0.1, -0.05) is 5.16 Å². The molecular weight excluding hydrogens is 377 g/mol. The third kappa shape index (κ3) is 5.54. The lowest BCUT2D eigenvalue weighted by atomic mass is 10.1. The van der Waals surface area contributed by atoms with Crippen molar-refractivity contribution in [2.75, 3.05) is 12.8 Å². The molecular formula is C12H16F5N3O4S.